The van der Waals surface area contributed by atoms with Gasteiger partial charge >= 0.3 is 6.03 Å². The van der Waals surface area contributed by atoms with Gasteiger partial charge in [0, 0.05) is 5.02 Å². The number of ether oxygens (including phenoxy) is 3. The topological polar surface area (TPSA) is 94.2 Å². The molecule has 8 nitrogen and oxygen atoms in total. The van der Waals surface area contributed by atoms with Gasteiger partial charge in [0.1, 0.15) is 17.9 Å². The highest BCUT2D eigenvalue weighted by molar-refractivity contribution is 6.33. The number of hydrogen-bond acceptors (Lipinski definition) is 6. The third kappa shape index (κ3) is 7.14. The fourth-order valence-corrected chi connectivity index (χ4v) is 4.27. The minimum absolute atomic E-state index is 0.0678. The van der Waals surface area contributed by atoms with Crippen LogP contribution in [-0.2, 0) is 22.7 Å². The monoisotopic (exact) mass is 582 g/mol. The van der Waals surface area contributed by atoms with Gasteiger partial charge in [0.15, 0.2) is 11.5 Å². The lowest BCUT2D eigenvalue weighted by molar-refractivity contribution is -0.130. The van der Waals surface area contributed by atoms with Crippen molar-refractivity contribution in [1.29, 1.82) is 0 Å². The molecule has 40 heavy (non-hydrogen) atoms. The van der Waals surface area contributed by atoms with Crippen molar-refractivity contribution in [1.82, 2.24) is 10.2 Å². The second-order valence-corrected chi connectivity index (χ2v) is 9.72. The van der Waals surface area contributed by atoms with E-state index in [1.165, 1.54) is 6.08 Å². The third-order valence-electron chi connectivity index (χ3n) is 5.87. The minimum Gasteiger partial charge on any atom is -0.490 e. The highest BCUT2D eigenvalue weighted by Crippen LogP contribution is 2.31. The second kappa shape index (κ2) is 13.4. The van der Waals surface area contributed by atoms with Gasteiger partial charge in [0.2, 0.25) is 0 Å². The molecular formula is C30H28Cl2N2O6. The molecule has 1 aliphatic heterocycles. The zero-order valence-corrected chi connectivity index (χ0v) is 23.6. The summed E-state index contributed by atoms with van der Waals surface area (Å²) in [6, 6.07) is 16.5. The Morgan fingerprint density at radius 1 is 0.825 bits per heavy atom. The Labute approximate surface area is 242 Å². The van der Waals surface area contributed by atoms with Crippen molar-refractivity contribution in [3.63, 3.8) is 0 Å². The van der Waals surface area contributed by atoms with Gasteiger partial charge in [-0.3, -0.25) is 19.8 Å². The normalized spacial score (nSPS) is 14.3. The van der Waals surface area contributed by atoms with Crippen LogP contribution in [0.1, 0.15) is 37.0 Å². The van der Waals surface area contributed by atoms with E-state index in [9.17, 15) is 14.4 Å². The molecule has 0 saturated carbocycles. The van der Waals surface area contributed by atoms with Crippen LogP contribution in [0, 0.1) is 0 Å². The lowest BCUT2D eigenvalue weighted by Gasteiger charge is -2.26. The first-order valence-electron chi connectivity index (χ1n) is 12.7. The maximum atomic E-state index is 13.3. The Kier molecular flexibility index (Phi) is 9.69. The van der Waals surface area contributed by atoms with Gasteiger partial charge in [-0.1, -0.05) is 54.4 Å². The SMILES string of the molecule is CCCOc1ccc(CN2C(=O)NC(=O)/C(=C\c3ccc(OCc4ccc(Cl)cc4)c(Cl)c3)C2=O)cc1OCC. The number of nitrogens with one attached hydrogen (secondary N) is 1. The molecule has 1 N–H and O–H groups in total. The first-order valence-corrected chi connectivity index (χ1v) is 13.5. The molecule has 1 heterocycles. The highest BCUT2D eigenvalue weighted by atomic mass is 35.5. The first-order chi connectivity index (χ1) is 19.3. The number of benzene rings is 3. The number of halogens is 2. The summed E-state index contributed by atoms with van der Waals surface area (Å²) in [5.41, 5.74) is 1.85. The predicted octanol–water partition coefficient (Wildman–Crippen LogP) is 6.42. The number of barbiturate groups is 1. The van der Waals surface area contributed by atoms with Crippen molar-refractivity contribution in [2.45, 2.75) is 33.4 Å². The maximum absolute atomic E-state index is 13.3. The van der Waals surface area contributed by atoms with Crippen LogP contribution in [0.4, 0.5) is 4.79 Å². The number of rotatable bonds is 11. The van der Waals surface area contributed by atoms with Gasteiger partial charge < -0.3 is 14.2 Å². The van der Waals surface area contributed by atoms with Crippen molar-refractivity contribution in [3.05, 3.63) is 93.0 Å². The van der Waals surface area contributed by atoms with Crippen LogP contribution in [0.25, 0.3) is 6.08 Å². The summed E-state index contributed by atoms with van der Waals surface area (Å²) in [5, 5.41) is 3.16. The van der Waals surface area contributed by atoms with Gasteiger partial charge in [0.25, 0.3) is 11.8 Å². The lowest BCUT2D eigenvalue weighted by Crippen LogP contribution is -2.53. The van der Waals surface area contributed by atoms with Crippen molar-refractivity contribution in [2.75, 3.05) is 13.2 Å². The standard InChI is InChI=1S/C30H28Cl2N2O6/c1-3-13-39-26-12-8-21(16-27(26)38-4-2)17-34-29(36)23(28(35)33-30(34)37)14-20-7-11-25(24(32)15-20)40-18-19-5-9-22(31)10-6-19/h5-12,14-16H,3-4,13,17-18H2,1-2H3,(H,33,35,37)/b23-14+. The predicted molar refractivity (Wildman–Crippen MR) is 153 cm³/mol. The van der Waals surface area contributed by atoms with Crippen LogP contribution in [0.15, 0.2) is 66.2 Å². The molecule has 10 heteroatoms. The van der Waals surface area contributed by atoms with Crippen LogP contribution in [0.3, 0.4) is 0 Å². The Bertz CT molecular complexity index is 1440. The van der Waals surface area contributed by atoms with Crippen LogP contribution in [0.5, 0.6) is 17.2 Å². The molecule has 208 valence electrons. The van der Waals surface area contributed by atoms with E-state index in [1.807, 2.05) is 26.0 Å². The smallest absolute Gasteiger partial charge is 0.331 e. The van der Waals surface area contributed by atoms with E-state index in [2.05, 4.69) is 5.32 Å². The summed E-state index contributed by atoms with van der Waals surface area (Å²) in [6.07, 6.45) is 2.22. The number of carbonyl (C=O) groups is 3. The maximum Gasteiger partial charge on any atom is 0.331 e. The van der Waals surface area contributed by atoms with Gasteiger partial charge in [-0.2, -0.15) is 0 Å². The molecule has 3 aromatic carbocycles. The Balaban J connectivity index is 1.50. The molecule has 0 unspecified atom stereocenters. The summed E-state index contributed by atoms with van der Waals surface area (Å²) < 4.78 is 17.2. The molecule has 0 atom stereocenters. The van der Waals surface area contributed by atoms with E-state index in [4.69, 9.17) is 37.4 Å². The largest absolute Gasteiger partial charge is 0.490 e. The first kappa shape index (κ1) is 29.0. The second-order valence-electron chi connectivity index (χ2n) is 8.88. The van der Waals surface area contributed by atoms with E-state index < -0.39 is 17.8 Å². The zero-order valence-electron chi connectivity index (χ0n) is 22.0. The number of hydrogen-bond donors (Lipinski definition) is 1. The fraction of sp³-hybridized carbons (Fsp3) is 0.233. The molecule has 1 aliphatic rings. The molecule has 4 rings (SSSR count). The molecule has 0 spiro atoms. The number of urea groups is 1. The molecular weight excluding hydrogens is 555 g/mol. The van der Waals surface area contributed by atoms with Crippen LogP contribution in [-0.4, -0.2) is 36.0 Å². The third-order valence-corrected chi connectivity index (χ3v) is 6.42. The average Bonchev–Trinajstić information content (AvgIpc) is 2.93. The zero-order chi connectivity index (χ0) is 28.6. The highest BCUT2D eigenvalue weighted by Gasteiger charge is 2.35. The van der Waals surface area contributed by atoms with Crippen molar-refractivity contribution >= 4 is 47.1 Å². The van der Waals surface area contributed by atoms with Gasteiger partial charge in [-0.05, 0) is 72.5 Å². The minimum atomic E-state index is -0.805. The van der Waals surface area contributed by atoms with E-state index in [-0.39, 0.29) is 18.7 Å². The van der Waals surface area contributed by atoms with Crippen LogP contribution < -0.4 is 19.5 Å². The number of carbonyl (C=O) groups excluding carboxylic acids is 3. The van der Waals surface area contributed by atoms with E-state index >= 15 is 0 Å². The molecule has 4 amide bonds. The quantitative estimate of drug-likeness (QED) is 0.207. The number of nitrogens with zero attached hydrogens (tertiary/aromatic N) is 1. The lowest BCUT2D eigenvalue weighted by atomic mass is 10.1. The summed E-state index contributed by atoms with van der Waals surface area (Å²) >= 11 is 12.3. The molecule has 0 aliphatic carbocycles. The fourth-order valence-electron chi connectivity index (χ4n) is 3.90. The molecule has 0 bridgehead atoms. The molecule has 1 fully saturated rings. The van der Waals surface area contributed by atoms with Gasteiger partial charge in [-0.15, -0.1) is 0 Å². The van der Waals surface area contributed by atoms with Crippen molar-refractivity contribution < 1.29 is 28.6 Å². The van der Waals surface area contributed by atoms with Crippen molar-refractivity contribution in [2.24, 2.45) is 0 Å². The molecule has 0 radical (unpaired) electrons. The summed E-state index contributed by atoms with van der Waals surface area (Å²) in [7, 11) is 0. The van der Waals surface area contributed by atoms with E-state index in [0.29, 0.717) is 51.6 Å². The summed E-state index contributed by atoms with van der Waals surface area (Å²) in [6.45, 7) is 5.02. The molecule has 3 aromatic rings. The Hall–Kier alpha value is -4.01. The van der Waals surface area contributed by atoms with Gasteiger partial charge in [0.05, 0.1) is 24.8 Å². The van der Waals surface area contributed by atoms with E-state index in [0.717, 1.165) is 16.9 Å². The molecule has 0 aromatic heterocycles. The van der Waals surface area contributed by atoms with Crippen LogP contribution in [0.2, 0.25) is 10.0 Å². The van der Waals surface area contributed by atoms with Crippen LogP contribution >= 0.6 is 23.2 Å². The number of imide groups is 2. The van der Waals surface area contributed by atoms with Crippen molar-refractivity contribution in [3.8, 4) is 17.2 Å². The summed E-state index contributed by atoms with van der Waals surface area (Å²) in [5.74, 6) is 0.0145. The van der Waals surface area contributed by atoms with E-state index in [1.54, 1.807) is 48.5 Å². The summed E-state index contributed by atoms with van der Waals surface area (Å²) in [4.78, 5) is 39.4. The Morgan fingerprint density at radius 3 is 2.25 bits per heavy atom. The molecule has 1 saturated heterocycles. The van der Waals surface area contributed by atoms with Gasteiger partial charge in [-0.25, -0.2) is 4.79 Å². The number of amides is 4. The average molecular weight is 583 g/mol. The Morgan fingerprint density at radius 2 is 1.55 bits per heavy atom.